The van der Waals surface area contributed by atoms with Gasteiger partial charge in [-0.15, -0.1) is 0 Å². The van der Waals surface area contributed by atoms with E-state index in [9.17, 15) is 9.90 Å². The average Bonchev–Trinajstić information content (AvgIpc) is 2.71. The topological polar surface area (TPSA) is 62.3 Å². The lowest BCUT2D eigenvalue weighted by molar-refractivity contribution is -0.144. The number of ether oxygens (including phenoxy) is 1. The van der Waals surface area contributed by atoms with Crippen molar-refractivity contribution in [3.63, 3.8) is 0 Å². The molecule has 0 saturated heterocycles. The number of phenols is 1. The van der Waals surface area contributed by atoms with Crippen molar-refractivity contribution in [1.82, 2.24) is 4.98 Å². The highest BCUT2D eigenvalue weighted by atomic mass is 16.5. The monoisotopic (exact) mass is 233 g/mol. The highest BCUT2D eigenvalue weighted by molar-refractivity contribution is 5.85. The van der Waals surface area contributed by atoms with Crippen LogP contribution in [0.5, 0.6) is 5.75 Å². The number of esters is 1. The lowest BCUT2D eigenvalue weighted by Gasteiger charge is -2.07. The lowest BCUT2D eigenvalue weighted by atomic mass is 10.1. The predicted octanol–water partition coefficient (Wildman–Crippen LogP) is 2.54. The zero-order valence-electron chi connectivity index (χ0n) is 9.86. The fourth-order valence-corrected chi connectivity index (χ4v) is 1.77. The highest BCUT2D eigenvalue weighted by Gasteiger charge is 2.18. The molecular formula is C13H15NO3. The number of hydrogen-bond acceptors (Lipinski definition) is 3. The Morgan fingerprint density at radius 3 is 2.94 bits per heavy atom. The molecule has 1 heterocycles. The summed E-state index contributed by atoms with van der Waals surface area (Å²) in [6, 6.07) is 6.91. The molecule has 0 fully saturated rings. The molecule has 1 atom stereocenters. The number of phenolic OH excluding ortho intramolecular Hbond substituents is 1. The van der Waals surface area contributed by atoms with Crippen LogP contribution in [0.1, 0.15) is 25.5 Å². The lowest BCUT2D eigenvalue weighted by Crippen LogP contribution is -2.13. The van der Waals surface area contributed by atoms with E-state index in [1.165, 1.54) is 0 Å². The maximum absolute atomic E-state index is 11.6. The first kappa shape index (κ1) is 11.5. The molecule has 17 heavy (non-hydrogen) atoms. The molecule has 4 nitrogen and oxygen atoms in total. The van der Waals surface area contributed by atoms with E-state index < -0.39 is 0 Å². The number of carbonyl (C=O) groups is 1. The van der Waals surface area contributed by atoms with Gasteiger partial charge in [-0.3, -0.25) is 4.79 Å². The Kier molecular flexibility index (Phi) is 3.04. The Bertz CT molecular complexity index is 545. The molecule has 4 heteroatoms. The highest BCUT2D eigenvalue weighted by Crippen LogP contribution is 2.25. The van der Waals surface area contributed by atoms with Gasteiger partial charge in [0.25, 0.3) is 0 Å². The molecule has 1 aromatic carbocycles. The molecule has 2 aromatic rings. The molecule has 0 aliphatic carbocycles. The molecule has 2 rings (SSSR count). The number of carbonyl (C=O) groups excluding carboxylic acids is 1. The van der Waals surface area contributed by atoms with Crippen molar-refractivity contribution in [3.05, 3.63) is 30.0 Å². The quantitative estimate of drug-likeness (QED) is 0.801. The number of fused-ring (bicyclic) bond motifs is 1. The Morgan fingerprint density at radius 2 is 2.24 bits per heavy atom. The van der Waals surface area contributed by atoms with Crippen LogP contribution in [-0.4, -0.2) is 22.7 Å². The number of benzene rings is 1. The van der Waals surface area contributed by atoms with Crippen molar-refractivity contribution >= 4 is 16.9 Å². The van der Waals surface area contributed by atoms with Crippen LogP contribution in [0, 0.1) is 0 Å². The molecule has 0 saturated carbocycles. The summed E-state index contributed by atoms with van der Waals surface area (Å²) >= 11 is 0. The van der Waals surface area contributed by atoms with E-state index in [0.29, 0.717) is 6.61 Å². The van der Waals surface area contributed by atoms with Gasteiger partial charge < -0.3 is 14.8 Å². The first-order chi connectivity index (χ1) is 8.11. The standard InChI is InChI=1S/C13H15NO3/c1-3-17-13(16)8(2)12-7-9-6-10(15)4-5-11(9)14-12/h4-8,14-15H,3H2,1-2H3. The number of aromatic hydroxyl groups is 1. The van der Waals surface area contributed by atoms with Gasteiger partial charge in [0.15, 0.2) is 0 Å². The number of H-pyrrole nitrogens is 1. The van der Waals surface area contributed by atoms with Crippen molar-refractivity contribution < 1.29 is 14.6 Å². The fourth-order valence-electron chi connectivity index (χ4n) is 1.77. The zero-order chi connectivity index (χ0) is 12.4. The summed E-state index contributed by atoms with van der Waals surface area (Å²) in [6.45, 7) is 3.96. The second-order valence-electron chi connectivity index (χ2n) is 3.97. The van der Waals surface area contributed by atoms with E-state index in [1.807, 2.05) is 6.07 Å². The first-order valence-corrected chi connectivity index (χ1v) is 5.60. The van der Waals surface area contributed by atoms with Crippen molar-refractivity contribution in [1.29, 1.82) is 0 Å². The van der Waals surface area contributed by atoms with Crippen LogP contribution >= 0.6 is 0 Å². The first-order valence-electron chi connectivity index (χ1n) is 5.60. The van der Waals surface area contributed by atoms with Crippen molar-refractivity contribution in [2.75, 3.05) is 6.61 Å². The summed E-state index contributed by atoms with van der Waals surface area (Å²) in [5.74, 6) is -0.361. The van der Waals surface area contributed by atoms with Crippen LogP contribution in [0.15, 0.2) is 24.3 Å². The molecule has 0 aliphatic heterocycles. The van der Waals surface area contributed by atoms with E-state index in [-0.39, 0.29) is 17.6 Å². The van der Waals surface area contributed by atoms with Crippen molar-refractivity contribution in [2.45, 2.75) is 19.8 Å². The van der Waals surface area contributed by atoms with Gasteiger partial charge in [0.05, 0.1) is 12.5 Å². The molecule has 90 valence electrons. The Hall–Kier alpha value is -1.97. The van der Waals surface area contributed by atoms with Gasteiger partial charge in [-0.1, -0.05) is 0 Å². The molecule has 0 spiro atoms. The molecule has 0 aliphatic rings. The number of nitrogens with one attached hydrogen (secondary N) is 1. The summed E-state index contributed by atoms with van der Waals surface area (Å²) in [6.07, 6.45) is 0. The Morgan fingerprint density at radius 1 is 1.47 bits per heavy atom. The van der Waals surface area contributed by atoms with Gasteiger partial charge in [-0.25, -0.2) is 0 Å². The van der Waals surface area contributed by atoms with Crippen LogP contribution < -0.4 is 0 Å². The maximum Gasteiger partial charge on any atom is 0.314 e. The molecule has 0 amide bonds. The molecular weight excluding hydrogens is 218 g/mol. The summed E-state index contributed by atoms with van der Waals surface area (Å²) < 4.78 is 4.97. The van der Waals surface area contributed by atoms with Crippen LogP contribution in [0.3, 0.4) is 0 Å². The van der Waals surface area contributed by atoms with Crippen LogP contribution in [0.25, 0.3) is 10.9 Å². The van der Waals surface area contributed by atoms with Crippen LogP contribution in [0.2, 0.25) is 0 Å². The summed E-state index contributed by atoms with van der Waals surface area (Å²) in [7, 11) is 0. The predicted molar refractivity (Wildman–Crippen MR) is 65.0 cm³/mol. The van der Waals surface area contributed by atoms with Crippen molar-refractivity contribution in [2.24, 2.45) is 0 Å². The van der Waals surface area contributed by atoms with E-state index in [2.05, 4.69) is 4.98 Å². The van der Waals surface area contributed by atoms with Crippen LogP contribution in [0.4, 0.5) is 0 Å². The SMILES string of the molecule is CCOC(=O)C(C)c1cc2cc(O)ccc2[nH]1. The van der Waals surface area contributed by atoms with E-state index >= 15 is 0 Å². The minimum Gasteiger partial charge on any atom is -0.508 e. The van der Waals surface area contributed by atoms with Gasteiger partial charge >= 0.3 is 5.97 Å². The number of rotatable bonds is 3. The molecule has 1 unspecified atom stereocenters. The minimum absolute atomic E-state index is 0.215. The van der Waals surface area contributed by atoms with E-state index in [4.69, 9.17) is 4.74 Å². The second-order valence-corrected chi connectivity index (χ2v) is 3.97. The molecule has 1 aromatic heterocycles. The van der Waals surface area contributed by atoms with Crippen LogP contribution in [-0.2, 0) is 9.53 Å². The zero-order valence-corrected chi connectivity index (χ0v) is 9.86. The third-order valence-electron chi connectivity index (χ3n) is 2.73. The average molecular weight is 233 g/mol. The summed E-state index contributed by atoms with van der Waals surface area (Å²) in [4.78, 5) is 14.7. The third kappa shape index (κ3) is 2.25. The number of aromatic nitrogens is 1. The largest absolute Gasteiger partial charge is 0.508 e. The summed E-state index contributed by atoms with van der Waals surface area (Å²) in [5.41, 5.74) is 1.69. The van der Waals surface area contributed by atoms with Gasteiger partial charge in [0.2, 0.25) is 0 Å². The van der Waals surface area contributed by atoms with Gasteiger partial charge in [-0.05, 0) is 38.1 Å². The normalized spacial score (nSPS) is 12.6. The van der Waals surface area contributed by atoms with Crippen molar-refractivity contribution in [3.8, 4) is 5.75 Å². The number of hydrogen-bond donors (Lipinski definition) is 2. The fraction of sp³-hybridized carbons (Fsp3) is 0.308. The van der Waals surface area contributed by atoms with E-state index in [1.54, 1.807) is 32.0 Å². The Labute approximate surface area is 99.2 Å². The smallest absolute Gasteiger partial charge is 0.314 e. The van der Waals surface area contributed by atoms with E-state index in [0.717, 1.165) is 16.6 Å². The maximum atomic E-state index is 11.6. The molecule has 0 bridgehead atoms. The minimum atomic E-state index is -0.329. The van der Waals surface area contributed by atoms with Gasteiger partial charge in [0.1, 0.15) is 5.75 Å². The molecule has 2 N–H and O–H groups in total. The van der Waals surface area contributed by atoms with Gasteiger partial charge in [-0.2, -0.15) is 0 Å². The Balaban J connectivity index is 2.33. The summed E-state index contributed by atoms with van der Waals surface area (Å²) in [5, 5.41) is 10.3. The molecule has 0 radical (unpaired) electrons. The second kappa shape index (κ2) is 4.49. The third-order valence-corrected chi connectivity index (χ3v) is 2.73. The van der Waals surface area contributed by atoms with Gasteiger partial charge in [0, 0.05) is 16.6 Å². The number of aromatic amines is 1.